The van der Waals surface area contributed by atoms with Gasteiger partial charge in [-0.2, -0.15) is 5.10 Å². The standard InChI is InChI=1S/C22H24ClN5O2S/c1-14-16(13-28(26-14)21-17(20(24)29)3-2-7-25-21)12-27-8-5-22(6-9-27)19-15(4-10-30-22)11-18(23)31-19/h2-3,7,11,13H,4-6,8-10,12H2,1H3,(H2,24,29). The largest absolute Gasteiger partial charge is 0.369 e. The van der Waals surface area contributed by atoms with Crippen molar-refractivity contribution < 1.29 is 9.53 Å². The van der Waals surface area contributed by atoms with Gasteiger partial charge in [0.2, 0.25) is 0 Å². The van der Waals surface area contributed by atoms with Gasteiger partial charge in [-0.15, -0.1) is 11.3 Å². The van der Waals surface area contributed by atoms with Crippen LogP contribution in [0.15, 0.2) is 30.6 Å². The van der Waals surface area contributed by atoms with Crippen LogP contribution in [0, 0.1) is 6.92 Å². The van der Waals surface area contributed by atoms with Crippen molar-refractivity contribution in [3.8, 4) is 5.82 Å². The van der Waals surface area contributed by atoms with Gasteiger partial charge in [0, 0.05) is 42.5 Å². The van der Waals surface area contributed by atoms with E-state index in [1.54, 1.807) is 34.3 Å². The average molecular weight is 458 g/mol. The molecule has 0 unspecified atom stereocenters. The van der Waals surface area contributed by atoms with E-state index in [1.165, 1.54) is 10.4 Å². The van der Waals surface area contributed by atoms with Crippen LogP contribution < -0.4 is 5.73 Å². The van der Waals surface area contributed by atoms with Crippen LogP contribution in [0.1, 0.15) is 44.9 Å². The molecule has 2 N–H and O–H groups in total. The first-order valence-electron chi connectivity index (χ1n) is 10.4. The number of fused-ring (bicyclic) bond motifs is 2. The summed E-state index contributed by atoms with van der Waals surface area (Å²) >= 11 is 7.97. The lowest BCUT2D eigenvalue weighted by molar-refractivity contribution is -0.0960. The lowest BCUT2D eigenvalue weighted by atomic mass is 9.85. The first-order chi connectivity index (χ1) is 14.9. The zero-order valence-electron chi connectivity index (χ0n) is 17.3. The Bertz CT molecular complexity index is 1130. The molecule has 9 heteroatoms. The van der Waals surface area contributed by atoms with Gasteiger partial charge in [-0.1, -0.05) is 11.6 Å². The van der Waals surface area contributed by atoms with Crippen LogP contribution in [0.25, 0.3) is 5.82 Å². The molecule has 5 heterocycles. The molecular weight excluding hydrogens is 434 g/mol. The van der Waals surface area contributed by atoms with Gasteiger partial charge in [-0.25, -0.2) is 9.67 Å². The molecular formula is C22H24ClN5O2S. The highest BCUT2D eigenvalue weighted by molar-refractivity contribution is 7.16. The minimum Gasteiger partial charge on any atom is -0.369 e. The van der Waals surface area contributed by atoms with Crippen molar-refractivity contribution in [2.45, 2.75) is 38.3 Å². The normalized spacial score (nSPS) is 18.3. The Morgan fingerprint density at radius 1 is 1.39 bits per heavy atom. The number of likely N-dealkylation sites (tertiary alicyclic amines) is 1. The van der Waals surface area contributed by atoms with E-state index in [4.69, 9.17) is 22.1 Å². The number of pyridine rings is 1. The molecule has 3 aromatic heterocycles. The van der Waals surface area contributed by atoms with Crippen LogP contribution in [-0.2, 0) is 23.3 Å². The monoisotopic (exact) mass is 457 g/mol. The number of primary amides is 1. The molecule has 0 radical (unpaired) electrons. The summed E-state index contributed by atoms with van der Waals surface area (Å²) in [4.78, 5) is 19.8. The molecule has 0 aromatic carbocycles. The van der Waals surface area contributed by atoms with Crippen molar-refractivity contribution in [1.82, 2.24) is 19.7 Å². The number of aryl methyl sites for hydroxylation is 1. The maximum Gasteiger partial charge on any atom is 0.252 e. The number of nitrogens with two attached hydrogens (primary N) is 1. The van der Waals surface area contributed by atoms with E-state index in [0.717, 1.165) is 61.1 Å². The lowest BCUT2D eigenvalue weighted by Gasteiger charge is -2.43. The highest BCUT2D eigenvalue weighted by Gasteiger charge is 2.42. The third kappa shape index (κ3) is 3.78. The summed E-state index contributed by atoms with van der Waals surface area (Å²) < 4.78 is 8.83. The van der Waals surface area contributed by atoms with Gasteiger partial charge >= 0.3 is 0 Å². The van der Waals surface area contributed by atoms with Gasteiger partial charge in [0.1, 0.15) is 5.60 Å². The number of piperidine rings is 1. The van der Waals surface area contributed by atoms with Crippen LogP contribution in [0.4, 0.5) is 0 Å². The van der Waals surface area contributed by atoms with Crippen LogP contribution in [-0.4, -0.2) is 45.3 Å². The average Bonchev–Trinajstić information content (AvgIpc) is 3.32. The smallest absolute Gasteiger partial charge is 0.252 e. The van der Waals surface area contributed by atoms with E-state index < -0.39 is 5.91 Å². The van der Waals surface area contributed by atoms with Crippen molar-refractivity contribution in [3.05, 3.63) is 62.2 Å². The molecule has 2 aliphatic heterocycles. The molecule has 31 heavy (non-hydrogen) atoms. The highest BCUT2D eigenvalue weighted by Crippen LogP contribution is 2.46. The molecule has 0 atom stereocenters. The van der Waals surface area contributed by atoms with Crippen molar-refractivity contribution in [3.63, 3.8) is 0 Å². The number of thiophene rings is 1. The van der Waals surface area contributed by atoms with Crippen molar-refractivity contribution in [1.29, 1.82) is 0 Å². The molecule has 162 valence electrons. The van der Waals surface area contributed by atoms with E-state index >= 15 is 0 Å². The minimum atomic E-state index is -0.514. The molecule has 1 amide bonds. The number of ether oxygens (including phenoxy) is 1. The number of amides is 1. The second-order valence-electron chi connectivity index (χ2n) is 8.20. The zero-order valence-corrected chi connectivity index (χ0v) is 18.9. The van der Waals surface area contributed by atoms with Crippen LogP contribution in [0.3, 0.4) is 0 Å². The van der Waals surface area contributed by atoms with Gasteiger partial charge in [0.05, 0.1) is 22.2 Å². The summed E-state index contributed by atoms with van der Waals surface area (Å²) in [5, 5.41) is 4.59. The fraction of sp³-hybridized carbons (Fsp3) is 0.409. The Hall–Kier alpha value is -2.26. The summed E-state index contributed by atoms with van der Waals surface area (Å²) in [5.41, 5.74) is 9.06. The quantitative estimate of drug-likeness (QED) is 0.648. The second kappa shape index (κ2) is 8.02. The number of hydrogen-bond acceptors (Lipinski definition) is 6. The van der Waals surface area contributed by atoms with Crippen molar-refractivity contribution in [2.75, 3.05) is 19.7 Å². The second-order valence-corrected chi connectivity index (χ2v) is 9.88. The van der Waals surface area contributed by atoms with E-state index in [2.05, 4.69) is 21.0 Å². The van der Waals surface area contributed by atoms with E-state index in [0.29, 0.717) is 11.4 Å². The molecule has 7 nitrogen and oxygen atoms in total. The topological polar surface area (TPSA) is 86.3 Å². The zero-order chi connectivity index (χ0) is 21.6. The summed E-state index contributed by atoms with van der Waals surface area (Å²) in [6, 6.07) is 5.47. The number of carbonyl (C=O) groups excluding carboxylic acids is 1. The molecule has 1 fully saturated rings. The van der Waals surface area contributed by atoms with Crippen molar-refractivity contribution in [2.24, 2.45) is 5.73 Å². The van der Waals surface area contributed by atoms with Gasteiger partial charge < -0.3 is 10.5 Å². The van der Waals surface area contributed by atoms with Crippen LogP contribution in [0.2, 0.25) is 4.34 Å². The fourth-order valence-corrected chi connectivity index (χ4v) is 6.10. The highest BCUT2D eigenvalue weighted by atomic mass is 35.5. The first kappa shape index (κ1) is 20.6. The van der Waals surface area contributed by atoms with Crippen molar-refractivity contribution >= 4 is 28.8 Å². The van der Waals surface area contributed by atoms with Crippen LogP contribution >= 0.6 is 22.9 Å². The molecule has 0 aliphatic carbocycles. The molecule has 0 saturated carbocycles. The predicted octanol–water partition coefficient (Wildman–Crippen LogP) is 3.45. The maximum atomic E-state index is 11.8. The van der Waals surface area contributed by atoms with Gasteiger partial charge in [0.25, 0.3) is 5.91 Å². The van der Waals surface area contributed by atoms with Crippen LogP contribution in [0.5, 0.6) is 0 Å². The third-order valence-corrected chi connectivity index (χ3v) is 7.76. The summed E-state index contributed by atoms with van der Waals surface area (Å²) in [7, 11) is 0. The molecule has 1 saturated heterocycles. The Morgan fingerprint density at radius 2 is 2.19 bits per heavy atom. The number of rotatable bonds is 4. The fourth-order valence-electron chi connectivity index (χ4n) is 4.60. The van der Waals surface area contributed by atoms with E-state index in [9.17, 15) is 4.79 Å². The van der Waals surface area contributed by atoms with E-state index in [1.807, 2.05) is 13.1 Å². The van der Waals surface area contributed by atoms with Gasteiger partial charge in [0.15, 0.2) is 5.82 Å². The summed E-state index contributed by atoms with van der Waals surface area (Å²) in [5.74, 6) is -0.0562. The first-order valence-corrected chi connectivity index (χ1v) is 11.6. The SMILES string of the molecule is Cc1nn(-c2ncccc2C(N)=O)cc1CN1CCC2(CC1)OCCc1cc(Cl)sc12. The Morgan fingerprint density at radius 3 is 2.97 bits per heavy atom. The molecule has 2 aliphatic rings. The number of nitrogens with zero attached hydrogens (tertiary/aromatic N) is 4. The number of halogens is 1. The van der Waals surface area contributed by atoms with Gasteiger partial charge in [-0.05, 0) is 49.9 Å². The Kier molecular flexibility index (Phi) is 5.34. The Labute approximate surface area is 189 Å². The number of hydrogen-bond donors (Lipinski definition) is 1. The summed E-state index contributed by atoms with van der Waals surface area (Å²) in [6.07, 6.45) is 6.44. The third-order valence-electron chi connectivity index (χ3n) is 6.27. The maximum absolute atomic E-state index is 11.8. The molecule has 0 bridgehead atoms. The molecule has 3 aromatic rings. The Balaban J connectivity index is 1.32. The minimum absolute atomic E-state index is 0.189. The summed E-state index contributed by atoms with van der Waals surface area (Å²) in [6.45, 7) is 5.41. The molecule has 1 spiro atoms. The number of aromatic nitrogens is 3. The lowest BCUT2D eigenvalue weighted by Crippen LogP contribution is -2.45. The predicted molar refractivity (Wildman–Crippen MR) is 120 cm³/mol. The van der Waals surface area contributed by atoms with Gasteiger partial charge in [-0.3, -0.25) is 9.69 Å². The van der Waals surface area contributed by atoms with E-state index in [-0.39, 0.29) is 5.60 Å². The number of carbonyl (C=O) groups is 1. The molecule has 5 rings (SSSR count).